The number of hydrogen-bond donors (Lipinski definition) is 2. The summed E-state index contributed by atoms with van der Waals surface area (Å²) in [6, 6.07) is 3.83. The third-order valence-electron chi connectivity index (χ3n) is 1.62. The summed E-state index contributed by atoms with van der Waals surface area (Å²) in [4.78, 5) is 14.8. The van der Waals surface area contributed by atoms with Crippen molar-refractivity contribution in [3.63, 3.8) is 0 Å². The Morgan fingerprint density at radius 2 is 2.46 bits per heavy atom. The summed E-state index contributed by atoms with van der Waals surface area (Å²) in [5.74, 6) is -0.0103. The van der Waals surface area contributed by atoms with Crippen molar-refractivity contribution in [1.82, 2.24) is 15.6 Å². The van der Waals surface area contributed by atoms with Gasteiger partial charge < -0.3 is 10.6 Å². The van der Waals surface area contributed by atoms with Crippen LogP contribution in [-0.4, -0.2) is 24.5 Å². The van der Waals surface area contributed by atoms with Crippen LogP contribution >= 0.6 is 0 Å². The van der Waals surface area contributed by atoms with E-state index in [0.29, 0.717) is 13.1 Å². The molecule has 1 aromatic heterocycles. The number of nitrogens with zero attached hydrogens (tertiary/aromatic N) is 1. The molecule has 1 rings (SSSR count). The van der Waals surface area contributed by atoms with Crippen LogP contribution in [0.1, 0.15) is 5.56 Å². The zero-order valence-corrected chi connectivity index (χ0v) is 7.58. The summed E-state index contributed by atoms with van der Waals surface area (Å²) in [6.45, 7) is 1.01. The van der Waals surface area contributed by atoms with Crippen LogP contribution in [0.5, 0.6) is 0 Å². The summed E-state index contributed by atoms with van der Waals surface area (Å²) in [5, 5.41) is 5.53. The standard InChI is InChI=1S/C9H13N3O/c1-10-9(13)7-12-6-8-3-2-4-11-5-8/h2-5,12H,6-7H2,1H3,(H,10,13). The molecule has 1 amide bonds. The molecule has 1 heterocycles. The van der Waals surface area contributed by atoms with Crippen molar-refractivity contribution in [2.24, 2.45) is 0 Å². The molecule has 70 valence electrons. The SMILES string of the molecule is CNC(=O)CNCc1cccnc1. The number of nitrogens with one attached hydrogen (secondary N) is 2. The molecule has 1 aromatic rings. The molecule has 0 atom stereocenters. The zero-order valence-electron chi connectivity index (χ0n) is 7.58. The van der Waals surface area contributed by atoms with E-state index in [-0.39, 0.29) is 5.91 Å². The average molecular weight is 179 g/mol. The number of amides is 1. The third-order valence-corrected chi connectivity index (χ3v) is 1.62. The molecule has 0 aliphatic rings. The highest BCUT2D eigenvalue weighted by molar-refractivity contribution is 5.77. The molecule has 0 bridgehead atoms. The lowest BCUT2D eigenvalue weighted by atomic mass is 10.3. The zero-order chi connectivity index (χ0) is 9.52. The van der Waals surface area contributed by atoms with Crippen LogP contribution in [0.2, 0.25) is 0 Å². The first-order chi connectivity index (χ1) is 6.33. The molecular formula is C9H13N3O. The lowest BCUT2D eigenvalue weighted by molar-refractivity contribution is -0.119. The molecule has 0 spiro atoms. The Morgan fingerprint density at radius 3 is 3.08 bits per heavy atom. The number of likely N-dealkylation sites (N-methyl/N-ethyl adjacent to an activating group) is 1. The second-order valence-corrected chi connectivity index (χ2v) is 2.64. The smallest absolute Gasteiger partial charge is 0.233 e. The van der Waals surface area contributed by atoms with Gasteiger partial charge in [0, 0.05) is 26.0 Å². The number of aromatic nitrogens is 1. The molecule has 4 heteroatoms. The fraction of sp³-hybridized carbons (Fsp3) is 0.333. The quantitative estimate of drug-likeness (QED) is 0.679. The lowest BCUT2D eigenvalue weighted by Crippen LogP contribution is -2.30. The second-order valence-electron chi connectivity index (χ2n) is 2.64. The number of carbonyl (C=O) groups excluding carboxylic acids is 1. The van der Waals surface area contributed by atoms with Crippen molar-refractivity contribution in [1.29, 1.82) is 0 Å². The normalized spacial score (nSPS) is 9.62. The van der Waals surface area contributed by atoms with Crippen molar-refractivity contribution >= 4 is 5.91 Å². The Morgan fingerprint density at radius 1 is 1.62 bits per heavy atom. The van der Waals surface area contributed by atoms with Crippen molar-refractivity contribution < 1.29 is 4.79 Å². The molecule has 0 radical (unpaired) electrons. The van der Waals surface area contributed by atoms with Gasteiger partial charge in [0.25, 0.3) is 0 Å². The van der Waals surface area contributed by atoms with E-state index in [1.54, 1.807) is 19.4 Å². The molecular weight excluding hydrogens is 166 g/mol. The molecule has 0 saturated heterocycles. The van der Waals surface area contributed by atoms with Crippen molar-refractivity contribution in [2.45, 2.75) is 6.54 Å². The van der Waals surface area contributed by atoms with Crippen LogP contribution in [0, 0.1) is 0 Å². The minimum absolute atomic E-state index is 0.0103. The number of rotatable bonds is 4. The van der Waals surface area contributed by atoms with Gasteiger partial charge in [-0.25, -0.2) is 0 Å². The van der Waals surface area contributed by atoms with E-state index in [0.717, 1.165) is 5.56 Å². The molecule has 13 heavy (non-hydrogen) atoms. The topological polar surface area (TPSA) is 54.0 Å². The third kappa shape index (κ3) is 3.66. The van der Waals surface area contributed by atoms with Crippen LogP contribution in [-0.2, 0) is 11.3 Å². The van der Waals surface area contributed by atoms with Crippen LogP contribution in [0.3, 0.4) is 0 Å². The lowest BCUT2D eigenvalue weighted by Gasteiger charge is -2.02. The van der Waals surface area contributed by atoms with Crippen molar-refractivity contribution in [3.8, 4) is 0 Å². The molecule has 0 unspecified atom stereocenters. The second kappa shape index (κ2) is 5.27. The molecule has 0 aliphatic carbocycles. The Kier molecular flexibility index (Phi) is 3.92. The largest absolute Gasteiger partial charge is 0.358 e. The van der Waals surface area contributed by atoms with Gasteiger partial charge in [-0.1, -0.05) is 6.07 Å². The van der Waals surface area contributed by atoms with Gasteiger partial charge in [-0.15, -0.1) is 0 Å². The Balaban J connectivity index is 2.24. The van der Waals surface area contributed by atoms with Gasteiger partial charge in [0.15, 0.2) is 0 Å². The summed E-state index contributed by atoms with van der Waals surface area (Å²) >= 11 is 0. The Labute approximate surface area is 77.4 Å². The number of pyridine rings is 1. The number of hydrogen-bond acceptors (Lipinski definition) is 3. The first kappa shape index (κ1) is 9.67. The van der Waals surface area contributed by atoms with E-state index >= 15 is 0 Å². The van der Waals surface area contributed by atoms with E-state index < -0.39 is 0 Å². The Hall–Kier alpha value is -1.42. The fourth-order valence-corrected chi connectivity index (χ4v) is 0.911. The minimum atomic E-state index is -0.0103. The van der Waals surface area contributed by atoms with E-state index in [1.165, 1.54) is 0 Å². The molecule has 2 N–H and O–H groups in total. The maximum atomic E-state index is 10.8. The van der Waals surface area contributed by atoms with Crippen molar-refractivity contribution in [2.75, 3.05) is 13.6 Å². The fourth-order valence-electron chi connectivity index (χ4n) is 0.911. The predicted octanol–water partition coefficient (Wildman–Crippen LogP) is -0.0828. The van der Waals surface area contributed by atoms with Crippen LogP contribution in [0.4, 0.5) is 0 Å². The molecule has 0 aliphatic heterocycles. The van der Waals surface area contributed by atoms with Crippen LogP contribution in [0.25, 0.3) is 0 Å². The van der Waals surface area contributed by atoms with Gasteiger partial charge in [-0.3, -0.25) is 9.78 Å². The van der Waals surface area contributed by atoms with Gasteiger partial charge in [0.1, 0.15) is 0 Å². The summed E-state index contributed by atoms with van der Waals surface area (Å²) in [5.41, 5.74) is 1.08. The van der Waals surface area contributed by atoms with Crippen molar-refractivity contribution in [3.05, 3.63) is 30.1 Å². The maximum absolute atomic E-state index is 10.8. The predicted molar refractivity (Wildman–Crippen MR) is 50.0 cm³/mol. The summed E-state index contributed by atoms with van der Waals surface area (Å²) in [6.07, 6.45) is 3.50. The summed E-state index contributed by atoms with van der Waals surface area (Å²) < 4.78 is 0. The highest BCUT2D eigenvalue weighted by Gasteiger charge is 1.96. The van der Waals surface area contributed by atoms with E-state index in [1.807, 2.05) is 12.1 Å². The van der Waals surface area contributed by atoms with Crippen LogP contribution in [0.15, 0.2) is 24.5 Å². The van der Waals surface area contributed by atoms with Gasteiger partial charge in [-0.2, -0.15) is 0 Å². The van der Waals surface area contributed by atoms with Gasteiger partial charge in [0.2, 0.25) is 5.91 Å². The monoisotopic (exact) mass is 179 g/mol. The molecule has 0 aromatic carbocycles. The first-order valence-electron chi connectivity index (χ1n) is 4.13. The Bertz CT molecular complexity index is 261. The van der Waals surface area contributed by atoms with Gasteiger partial charge >= 0.3 is 0 Å². The average Bonchev–Trinajstić information content (AvgIpc) is 2.19. The minimum Gasteiger partial charge on any atom is -0.358 e. The first-order valence-corrected chi connectivity index (χ1v) is 4.13. The van der Waals surface area contributed by atoms with Crippen LogP contribution < -0.4 is 10.6 Å². The maximum Gasteiger partial charge on any atom is 0.233 e. The molecule has 0 saturated carbocycles. The van der Waals surface area contributed by atoms with Gasteiger partial charge in [0.05, 0.1) is 6.54 Å². The number of carbonyl (C=O) groups is 1. The molecule has 4 nitrogen and oxygen atoms in total. The highest BCUT2D eigenvalue weighted by atomic mass is 16.1. The van der Waals surface area contributed by atoms with E-state index in [4.69, 9.17) is 0 Å². The van der Waals surface area contributed by atoms with Gasteiger partial charge in [-0.05, 0) is 11.6 Å². The highest BCUT2D eigenvalue weighted by Crippen LogP contribution is 1.93. The molecule has 0 fully saturated rings. The summed E-state index contributed by atoms with van der Waals surface area (Å²) in [7, 11) is 1.62. The van der Waals surface area contributed by atoms with E-state index in [2.05, 4.69) is 15.6 Å². The van der Waals surface area contributed by atoms with E-state index in [9.17, 15) is 4.79 Å².